The minimum absolute atomic E-state index is 0.0394. The molecule has 0 unspecified atom stereocenters. The predicted molar refractivity (Wildman–Crippen MR) is 59.2 cm³/mol. The Bertz CT molecular complexity index is 272. The summed E-state index contributed by atoms with van der Waals surface area (Å²) in [6.07, 6.45) is 2.41. The van der Waals surface area contributed by atoms with E-state index in [0.717, 1.165) is 9.31 Å². The maximum Gasteiger partial charge on any atom is 0.0466 e. The summed E-state index contributed by atoms with van der Waals surface area (Å²) in [5.74, 6) is -1.02. The first-order valence-electron chi connectivity index (χ1n) is 4.78. The maximum absolute atomic E-state index is 9.96. The predicted octanol–water partition coefficient (Wildman–Crippen LogP) is 1.29. The van der Waals surface area contributed by atoms with Crippen LogP contribution in [0.25, 0.3) is 0 Å². The molecule has 0 atom stereocenters. The molecule has 0 spiro atoms. The zero-order valence-electron chi connectivity index (χ0n) is 8.69. The Hall–Kier alpha value is -0.231. The molecule has 5 heteroatoms. The van der Waals surface area contributed by atoms with E-state index < -0.39 is 27.1 Å². The first kappa shape index (κ1) is 14.8. The van der Waals surface area contributed by atoms with Crippen molar-refractivity contribution in [3.8, 4) is 0 Å². The molecule has 0 aliphatic rings. The van der Waals surface area contributed by atoms with Crippen molar-refractivity contribution >= 4 is 38.4 Å². The van der Waals surface area contributed by atoms with Crippen LogP contribution >= 0.6 is 11.3 Å². The van der Waals surface area contributed by atoms with Crippen molar-refractivity contribution in [3.63, 3.8) is 0 Å². The van der Waals surface area contributed by atoms with Crippen molar-refractivity contribution < 1.29 is 13.0 Å². The van der Waals surface area contributed by atoms with E-state index in [9.17, 15) is 13.0 Å². The molecular formula is C10H14O3SSn. The third-order valence-electron chi connectivity index (χ3n) is 1.53. The van der Waals surface area contributed by atoms with Gasteiger partial charge in [-0.15, -0.1) is 11.3 Å². The van der Waals surface area contributed by atoms with Crippen molar-refractivity contribution in [2.75, 3.05) is 0 Å². The van der Waals surface area contributed by atoms with Gasteiger partial charge in [0.25, 0.3) is 0 Å². The number of rotatable bonds is 5. The van der Waals surface area contributed by atoms with Crippen LogP contribution in [0.4, 0.5) is 0 Å². The van der Waals surface area contributed by atoms with E-state index in [4.69, 9.17) is 0 Å². The van der Waals surface area contributed by atoms with Gasteiger partial charge in [-0.25, -0.2) is 0 Å². The number of unbranched alkanes of at least 4 members (excludes halogenated alkanes) is 1. The largest absolute Gasteiger partial charge is 0.550 e. The van der Waals surface area contributed by atoms with Gasteiger partial charge in [0.05, 0.1) is 0 Å². The molecule has 82 valence electrons. The summed E-state index contributed by atoms with van der Waals surface area (Å²) >= 11 is 0.370. The van der Waals surface area contributed by atoms with Crippen LogP contribution in [0.3, 0.4) is 0 Å². The normalized spacial score (nSPS) is 8.60. The maximum atomic E-state index is 9.96. The molecule has 3 nitrogen and oxygen atoms in total. The van der Waals surface area contributed by atoms with E-state index in [0.29, 0.717) is 0 Å². The molecule has 0 saturated carbocycles. The molecule has 0 bridgehead atoms. The summed E-state index contributed by atoms with van der Waals surface area (Å²) in [5, 5.41) is 11.8. The van der Waals surface area contributed by atoms with Gasteiger partial charge in [0, 0.05) is 17.3 Å². The van der Waals surface area contributed by atoms with Crippen LogP contribution in [-0.4, -0.2) is 27.1 Å². The van der Waals surface area contributed by atoms with E-state index in [1.807, 2.05) is 11.4 Å². The fourth-order valence-electron chi connectivity index (χ4n) is 0.804. The van der Waals surface area contributed by atoms with Crippen LogP contribution in [-0.2, 0) is 14.3 Å². The topological polar surface area (TPSA) is 57.2 Å². The van der Waals surface area contributed by atoms with Gasteiger partial charge in [0.1, 0.15) is 0 Å². The van der Waals surface area contributed by atoms with Gasteiger partial charge in [0.2, 0.25) is 0 Å². The number of hydrogen-bond donors (Lipinski definition) is 0. The van der Waals surface area contributed by atoms with Gasteiger partial charge < -0.3 is 9.90 Å². The molecular weight excluding hydrogens is 319 g/mol. The van der Waals surface area contributed by atoms with Gasteiger partial charge in [-0.3, -0.25) is 0 Å². The van der Waals surface area contributed by atoms with E-state index in [2.05, 4.69) is 6.92 Å². The van der Waals surface area contributed by atoms with E-state index in [1.54, 1.807) is 6.07 Å². The van der Waals surface area contributed by atoms with Crippen LogP contribution < -0.4 is 5.11 Å². The average molecular weight is 333 g/mol. The quantitative estimate of drug-likeness (QED) is 0.603. The summed E-state index contributed by atoms with van der Waals surface area (Å²) in [7, 11) is 0. The molecule has 0 aliphatic heterocycles. The molecule has 0 N–H and O–H groups in total. The molecule has 0 fully saturated rings. The van der Waals surface area contributed by atoms with Crippen molar-refractivity contribution in [1.29, 1.82) is 0 Å². The molecule has 1 aromatic heterocycles. The van der Waals surface area contributed by atoms with Crippen molar-refractivity contribution in [1.82, 2.24) is 0 Å². The third-order valence-corrected chi connectivity index (χ3v) is 4.00. The monoisotopic (exact) mass is 334 g/mol. The van der Waals surface area contributed by atoms with Gasteiger partial charge in [-0.05, 0) is 11.4 Å². The summed E-state index contributed by atoms with van der Waals surface area (Å²) in [5.41, 5.74) is 0. The fraction of sp³-hybridized carbons (Fsp3) is 0.500. The number of thiophene rings is 1. The number of carbonyl (C=O) groups is 1. The smallest absolute Gasteiger partial charge is 0.0466 e. The number of hydrogen-bond acceptors (Lipinski definition) is 4. The van der Waals surface area contributed by atoms with Gasteiger partial charge >= 0.3 is 48.4 Å². The standard InChI is InChI=1S/C6H6O2S.C4H9.O.Sn/c7-6(8)4-5-2-1-3-9-5;1-3-4-2;;/h1-3H,4H2,(H,7,8);1,3-4H2,2H3;;/q;;;+1/p-1. The van der Waals surface area contributed by atoms with Crippen LogP contribution in [0.2, 0.25) is 4.44 Å². The summed E-state index contributed by atoms with van der Waals surface area (Å²) in [4.78, 5) is 10.8. The first-order chi connectivity index (χ1) is 7.20. The molecule has 0 aromatic carbocycles. The fourth-order valence-corrected chi connectivity index (χ4v) is 2.92. The van der Waals surface area contributed by atoms with Gasteiger partial charge in [0.15, 0.2) is 0 Å². The Morgan fingerprint density at radius 3 is 2.67 bits per heavy atom. The SMILES string of the molecule is CCC[CH2][Sn+]=[O].O=C([O-])Cc1cccs1. The number of carbonyl (C=O) groups excluding carboxylic acids is 1. The minimum Gasteiger partial charge on any atom is -0.550 e. The molecule has 0 radical (unpaired) electrons. The summed E-state index contributed by atoms with van der Waals surface area (Å²) < 4.78 is 10.9. The average Bonchev–Trinajstić information content (AvgIpc) is 2.67. The van der Waals surface area contributed by atoms with Gasteiger partial charge in [-0.2, -0.15) is 0 Å². The molecule has 1 heterocycles. The summed E-state index contributed by atoms with van der Waals surface area (Å²) in [6, 6.07) is 3.60. The second-order valence-corrected chi connectivity index (χ2v) is 6.16. The second-order valence-electron chi connectivity index (χ2n) is 2.88. The molecule has 1 rings (SSSR count). The van der Waals surface area contributed by atoms with Crippen LogP contribution in [0, 0.1) is 0 Å². The molecule has 1 aromatic rings. The van der Waals surface area contributed by atoms with Crippen molar-refractivity contribution in [2.45, 2.75) is 30.6 Å². The molecule has 0 amide bonds. The van der Waals surface area contributed by atoms with Gasteiger partial charge in [-0.1, -0.05) is 6.07 Å². The third kappa shape index (κ3) is 10.1. The van der Waals surface area contributed by atoms with E-state index in [1.165, 1.54) is 24.2 Å². The Morgan fingerprint density at radius 2 is 2.33 bits per heavy atom. The van der Waals surface area contributed by atoms with Crippen molar-refractivity contribution in [3.05, 3.63) is 22.4 Å². The summed E-state index contributed by atoms with van der Waals surface area (Å²) in [6.45, 7) is 2.12. The van der Waals surface area contributed by atoms with Crippen LogP contribution in [0.15, 0.2) is 17.5 Å². The number of aliphatic carboxylic acids is 1. The molecule has 0 aliphatic carbocycles. The Balaban J connectivity index is 0.000000288. The van der Waals surface area contributed by atoms with E-state index >= 15 is 0 Å². The van der Waals surface area contributed by atoms with Crippen molar-refractivity contribution in [2.24, 2.45) is 0 Å². The van der Waals surface area contributed by atoms with Crippen LogP contribution in [0.1, 0.15) is 24.6 Å². The zero-order chi connectivity index (χ0) is 11.5. The zero-order valence-corrected chi connectivity index (χ0v) is 12.4. The Kier molecular flexibility index (Phi) is 10.1. The van der Waals surface area contributed by atoms with E-state index in [-0.39, 0.29) is 6.42 Å². The van der Waals surface area contributed by atoms with Crippen LogP contribution in [0.5, 0.6) is 0 Å². The molecule has 15 heavy (non-hydrogen) atoms. The Morgan fingerprint density at radius 1 is 1.60 bits per heavy atom. The first-order valence-corrected chi connectivity index (χ1v) is 8.84. The number of carboxylic acids is 1. The molecule has 0 saturated heterocycles. The minimum atomic E-state index is -1.06. The second kappa shape index (κ2) is 10.3. The number of carboxylic acid groups (broad SMARTS) is 1. The Labute approximate surface area is 104 Å².